The fraction of sp³-hybridized carbons (Fsp3) is 0.917. The molecule has 0 radical (unpaired) electrons. The van der Waals surface area contributed by atoms with Gasteiger partial charge < -0.3 is 10.2 Å². The van der Waals surface area contributed by atoms with Crippen LogP contribution in [-0.4, -0.2) is 30.1 Å². The highest BCUT2D eigenvalue weighted by Crippen LogP contribution is 2.12. The van der Waals surface area contributed by atoms with Crippen LogP contribution in [0.2, 0.25) is 0 Å². The predicted molar refractivity (Wildman–Crippen MR) is 65.0 cm³/mol. The van der Waals surface area contributed by atoms with Crippen molar-refractivity contribution in [3.8, 4) is 0 Å². The first kappa shape index (κ1) is 14.3. The first-order chi connectivity index (χ1) is 7.10. The molecule has 1 N–H and O–H groups in total. The fourth-order valence-corrected chi connectivity index (χ4v) is 1.91. The highest BCUT2D eigenvalue weighted by atomic mass is 16.2. The minimum Gasteiger partial charge on any atom is -0.335 e. The number of rotatable bonds is 6. The Hall–Kier alpha value is -0.730. The van der Waals surface area contributed by atoms with Crippen molar-refractivity contribution in [2.45, 2.75) is 53.5 Å². The number of urea groups is 1. The molecule has 2 amide bonds. The monoisotopic (exact) mass is 214 g/mol. The van der Waals surface area contributed by atoms with E-state index in [1.54, 1.807) is 0 Å². The molecule has 0 saturated carbocycles. The van der Waals surface area contributed by atoms with E-state index in [9.17, 15) is 4.79 Å². The molecule has 90 valence electrons. The molecule has 0 bridgehead atoms. The number of nitrogens with zero attached hydrogens (tertiary/aromatic N) is 1. The molecule has 3 heteroatoms. The van der Waals surface area contributed by atoms with Gasteiger partial charge in [0, 0.05) is 19.1 Å². The van der Waals surface area contributed by atoms with Crippen molar-refractivity contribution >= 4 is 6.03 Å². The van der Waals surface area contributed by atoms with Crippen molar-refractivity contribution in [2.24, 2.45) is 5.92 Å². The molecule has 0 saturated heterocycles. The van der Waals surface area contributed by atoms with Crippen molar-refractivity contribution in [3.05, 3.63) is 0 Å². The van der Waals surface area contributed by atoms with Gasteiger partial charge in [0.15, 0.2) is 0 Å². The van der Waals surface area contributed by atoms with Gasteiger partial charge in [-0.3, -0.25) is 0 Å². The SMILES string of the molecule is CCC(CC)C(C)NC(=O)N(CC)CC. The van der Waals surface area contributed by atoms with E-state index in [0.29, 0.717) is 5.92 Å². The summed E-state index contributed by atoms with van der Waals surface area (Å²) >= 11 is 0. The van der Waals surface area contributed by atoms with Gasteiger partial charge in [-0.15, -0.1) is 0 Å². The molecule has 15 heavy (non-hydrogen) atoms. The lowest BCUT2D eigenvalue weighted by Crippen LogP contribution is -2.46. The molecule has 0 aliphatic heterocycles. The third-order valence-corrected chi connectivity index (χ3v) is 3.16. The molecule has 0 aromatic heterocycles. The van der Waals surface area contributed by atoms with Gasteiger partial charge in [0.25, 0.3) is 0 Å². The lowest BCUT2D eigenvalue weighted by molar-refractivity contribution is 0.194. The Bertz CT molecular complexity index is 174. The zero-order chi connectivity index (χ0) is 11.8. The van der Waals surface area contributed by atoms with Crippen LogP contribution in [-0.2, 0) is 0 Å². The van der Waals surface area contributed by atoms with Crippen LogP contribution in [0.4, 0.5) is 4.79 Å². The van der Waals surface area contributed by atoms with Gasteiger partial charge in [0.2, 0.25) is 0 Å². The molecule has 1 unspecified atom stereocenters. The van der Waals surface area contributed by atoms with E-state index in [0.717, 1.165) is 25.9 Å². The van der Waals surface area contributed by atoms with Crippen LogP contribution in [0.15, 0.2) is 0 Å². The topological polar surface area (TPSA) is 32.3 Å². The van der Waals surface area contributed by atoms with Crippen LogP contribution in [0.3, 0.4) is 0 Å². The second-order valence-corrected chi connectivity index (χ2v) is 3.99. The molecule has 0 aliphatic rings. The molecule has 3 nitrogen and oxygen atoms in total. The summed E-state index contributed by atoms with van der Waals surface area (Å²) in [6.45, 7) is 12.0. The van der Waals surface area contributed by atoms with E-state index in [4.69, 9.17) is 0 Å². The second kappa shape index (κ2) is 7.55. The third-order valence-electron chi connectivity index (χ3n) is 3.16. The Kier molecular flexibility index (Phi) is 7.18. The zero-order valence-corrected chi connectivity index (χ0v) is 10.8. The largest absolute Gasteiger partial charge is 0.335 e. The maximum Gasteiger partial charge on any atom is 0.317 e. The summed E-state index contributed by atoms with van der Waals surface area (Å²) in [5, 5.41) is 3.07. The van der Waals surface area contributed by atoms with Crippen molar-refractivity contribution < 1.29 is 4.79 Å². The first-order valence-electron chi connectivity index (χ1n) is 6.15. The minimum atomic E-state index is 0.0689. The molecule has 0 aromatic rings. The number of hydrogen-bond acceptors (Lipinski definition) is 1. The van der Waals surface area contributed by atoms with Crippen molar-refractivity contribution in [1.29, 1.82) is 0 Å². The Labute approximate surface area is 94.2 Å². The average Bonchev–Trinajstić information content (AvgIpc) is 2.21. The summed E-state index contributed by atoms with van der Waals surface area (Å²) in [5.41, 5.74) is 0. The van der Waals surface area contributed by atoms with Gasteiger partial charge in [-0.2, -0.15) is 0 Å². The standard InChI is InChI=1S/C12H26N2O/c1-6-11(7-2)10(5)13-12(15)14(8-3)9-4/h10-11H,6-9H2,1-5H3,(H,13,15). The van der Waals surface area contributed by atoms with Gasteiger partial charge in [-0.25, -0.2) is 4.79 Å². The molecule has 0 aliphatic carbocycles. The van der Waals surface area contributed by atoms with Crippen molar-refractivity contribution in [2.75, 3.05) is 13.1 Å². The summed E-state index contributed by atoms with van der Waals surface area (Å²) in [4.78, 5) is 13.6. The van der Waals surface area contributed by atoms with Gasteiger partial charge in [0.05, 0.1) is 0 Å². The lowest BCUT2D eigenvalue weighted by Gasteiger charge is -2.26. The minimum absolute atomic E-state index is 0.0689. The van der Waals surface area contributed by atoms with Crippen LogP contribution in [0.1, 0.15) is 47.5 Å². The zero-order valence-electron chi connectivity index (χ0n) is 10.8. The summed E-state index contributed by atoms with van der Waals surface area (Å²) in [6, 6.07) is 0.340. The summed E-state index contributed by atoms with van der Waals surface area (Å²) < 4.78 is 0. The summed E-state index contributed by atoms with van der Waals surface area (Å²) in [5.74, 6) is 0.588. The number of amides is 2. The summed E-state index contributed by atoms with van der Waals surface area (Å²) in [7, 11) is 0. The molecule has 0 heterocycles. The molecule has 0 rings (SSSR count). The number of nitrogens with one attached hydrogen (secondary N) is 1. The molecular formula is C12H26N2O. The predicted octanol–water partition coefficient (Wildman–Crippen LogP) is 2.86. The first-order valence-corrected chi connectivity index (χ1v) is 6.15. The number of hydrogen-bond donors (Lipinski definition) is 1. The van der Waals surface area contributed by atoms with Gasteiger partial charge in [-0.1, -0.05) is 26.7 Å². The molecule has 1 atom stereocenters. The van der Waals surface area contributed by atoms with Gasteiger partial charge in [0.1, 0.15) is 0 Å². The van der Waals surface area contributed by atoms with Crippen LogP contribution in [0.5, 0.6) is 0 Å². The van der Waals surface area contributed by atoms with Crippen molar-refractivity contribution in [3.63, 3.8) is 0 Å². The van der Waals surface area contributed by atoms with Crippen LogP contribution in [0, 0.1) is 5.92 Å². The highest BCUT2D eigenvalue weighted by molar-refractivity contribution is 5.74. The summed E-state index contributed by atoms with van der Waals surface area (Å²) in [6.07, 6.45) is 2.24. The molecule has 0 fully saturated rings. The smallest absolute Gasteiger partial charge is 0.317 e. The Morgan fingerprint density at radius 3 is 1.93 bits per heavy atom. The van der Waals surface area contributed by atoms with E-state index < -0.39 is 0 Å². The molecule has 0 spiro atoms. The van der Waals surface area contributed by atoms with Gasteiger partial charge >= 0.3 is 6.03 Å². The fourth-order valence-electron chi connectivity index (χ4n) is 1.91. The lowest BCUT2D eigenvalue weighted by atomic mass is 9.96. The second-order valence-electron chi connectivity index (χ2n) is 3.99. The Morgan fingerprint density at radius 2 is 1.60 bits per heavy atom. The van der Waals surface area contributed by atoms with E-state index in [1.165, 1.54) is 0 Å². The van der Waals surface area contributed by atoms with E-state index in [2.05, 4.69) is 26.1 Å². The van der Waals surface area contributed by atoms with Gasteiger partial charge in [-0.05, 0) is 26.7 Å². The molecular weight excluding hydrogens is 188 g/mol. The van der Waals surface area contributed by atoms with Crippen molar-refractivity contribution in [1.82, 2.24) is 10.2 Å². The van der Waals surface area contributed by atoms with E-state index >= 15 is 0 Å². The van der Waals surface area contributed by atoms with E-state index in [1.807, 2.05) is 18.7 Å². The number of carbonyl (C=O) groups is 1. The van der Waals surface area contributed by atoms with Crippen LogP contribution >= 0.6 is 0 Å². The Morgan fingerprint density at radius 1 is 1.13 bits per heavy atom. The normalized spacial score (nSPS) is 12.7. The highest BCUT2D eigenvalue weighted by Gasteiger charge is 2.17. The quantitative estimate of drug-likeness (QED) is 0.724. The average molecular weight is 214 g/mol. The van der Waals surface area contributed by atoms with Crippen LogP contribution in [0.25, 0.3) is 0 Å². The maximum atomic E-state index is 11.8. The third kappa shape index (κ3) is 4.54. The Balaban J connectivity index is 4.15. The van der Waals surface area contributed by atoms with E-state index in [-0.39, 0.29) is 12.1 Å². The van der Waals surface area contributed by atoms with Crippen LogP contribution < -0.4 is 5.32 Å². The maximum absolute atomic E-state index is 11.8. The molecule has 0 aromatic carbocycles. The number of carbonyl (C=O) groups excluding carboxylic acids is 1.